The summed E-state index contributed by atoms with van der Waals surface area (Å²) in [5.74, 6) is 0.180. The number of nitrogens with two attached hydrogens (primary N) is 1. The zero-order valence-electron chi connectivity index (χ0n) is 9.24. The lowest BCUT2D eigenvalue weighted by Gasteiger charge is -1.99. The standard InChI is InChI=1S/C13H9BrFN3/c14-7-1-3-10(15)9(5-7)13-17-11-4-2-8(16)6-12(11)18-13/h1-6H,16H2,(H,17,18). The predicted octanol–water partition coefficient (Wildman–Crippen LogP) is 3.71. The fourth-order valence-corrected chi connectivity index (χ4v) is 2.19. The Morgan fingerprint density at radius 2 is 2.00 bits per heavy atom. The summed E-state index contributed by atoms with van der Waals surface area (Å²) in [7, 11) is 0. The van der Waals surface area contributed by atoms with Gasteiger partial charge in [-0.25, -0.2) is 9.37 Å². The van der Waals surface area contributed by atoms with Crippen LogP contribution in [0, 0.1) is 5.82 Å². The second-order valence-electron chi connectivity index (χ2n) is 3.99. The van der Waals surface area contributed by atoms with Crippen molar-refractivity contribution in [1.29, 1.82) is 0 Å². The minimum Gasteiger partial charge on any atom is -0.399 e. The summed E-state index contributed by atoms with van der Waals surface area (Å²) < 4.78 is 14.6. The number of anilines is 1. The van der Waals surface area contributed by atoms with Crippen LogP contribution in [0.25, 0.3) is 22.4 Å². The summed E-state index contributed by atoms with van der Waals surface area (Å²) >= 11 is 3.32. The number of nitrogens with zero attached hydrogens (tertiary/aromatic N) is 1. The van der Waals surface area contributed by atoms with Crippen molar-refractivity contribution >= 4 is 32.7 Å². The molecule has 1 aromatic heterocycles. The molecule has 0 fully saturated rings. The minimum absolute atomic E-state index is 0.315. The van der Waals surface area contributed by atoms with E-state index < -0.39 is 0 Å². The molecule has 0 aliphatic rings. The molecule has 5 heteroatoms. The zero-order chi connectivity index (χ0) is 12.7. The van der Waals surface area contributed by atoms with E-state index >= 15 is 0 Å². The van der Waals surface area contributed by atoms with Crippen LogP contribution in [0.4, 0.5) is 10.1 Å². The van der Waals surface area contributed by atoms with Crippen LogP contribution in [0.2, 0.25) is 0 Å². The maximum Gasteiger partial charge on any atom is 0.141 e. The van der Waals surface area contributed by atoms with Gasteiger partial charge in [0.2, 0.25) is 0 Å². The highest BCUT2D eigenvalue weighted by Crippen LogP contribution is 2.26. The maximum atomic E-state index is 13.8. The van der Waals surface area contributed by atoms with Gasteiger partial charge in [-0.3, -0.25) is 0 Å². The normalized spacial score (nSPS) is 11.0. The lowest BCUT2D eigenvalue weighted by Crippen LogP contribution is -1.86. The van der Waals surface area contributed by atoms with Gasteiger partial charge >= 0.3 is 0 Å². The van der Waals surface area contributed by atoms with Crippen LogP contribution < -0.4 is 5.73 Å². The summed E-state index contributed by atoms with van der Waals surface area (Å²) in [6.07, 6.45) is 0. The van der Waals surface area contributed by atoms with Gasteiger partial charge in [-0.05, 0) is 36.4 Å². The van der Waals surface area contributed by atoms with E-state index in [-0.39, 0.29) is 5.82 Å². The van der Waals surface area contributed by atoms with E-state index in [1.54, 1.807) is 30.3 Å². The molecule has 0 aliphatic heterocycles. The van der Waals surface area contributed by atoms with Crippen LogP contribution >= 0.6 is 15.9 Å². The van der Waals surface area contributed by atoms with Gasteiger partial charge in [-0.1, -0.05) is 15.9 Å². The Bertz CT molecular complexity index is 736. The molecule has 0 bridgehead atoms. The van der Waals surface area contributed by atoms with E-state index in [4.69, 9.17) is 5.73 Å². The number of fused-ring (bicyclic) bond motifs is 1. The molecule has 0 saturated heterocycles. The molecule has 3 nitrogen and oxygen atoms in total. The van der Waals surface area contributed by atoms with E-state index in [1.807, 2.05) is 0 Å². The molecule has 3 N–H and O–H groups in total. The summed E-state index contributed by atoms with van der Waals surface area (Å²) in [4.78, 5) is 7.42. The Labute approximate surface area is 111 Å². The fourth-order valence-electron chi connectivity index (χ4n) is 1.83. The second-order valence-corrected chi connectivity index (χ2v) is 4.90. The van der Waals surface area contributed by atoms with Crippen LogP contribution in [-0.4, -0.2) is 9.97 Å². The molecule has 0 saturated carbocycles. The number of aromatic nitrogens is 2. The number of H-pyrrole nitrogens is 1. The van der Waals surface area contributed by atoms with Gasteiger partial charge in [0, 0.05) is 10.2 Å². The van der Waals surface area contributed by atoms with Gasteiger partial charge in [0.25, 0.3) is 0 Å². The van der Waals surface area contributed by atoms with E-state index in [1.165, 1.54) is 6.07 Å². The molecule has 0 unspecified atom stereocenters. The third-order valence-electron chi connectivity index (χ3n) is 2.69. The highest BCUT2D eigenvalue weighted by Gasteiger charge is 2.10. The van der Waals surface area contributed by atoms with Gasteiger partial charge in [0.05, 0.1) is 16.6 Å². The lowest BCUT2D eigenvalue weighted by molar-refractivity contribution is 0.630. The number of hydrogen-bond donors (Lipinski definition) is 2. The molecular formula is C13H9BrFN3. The predicted molar refractivity (Wildman–Crippen MR) is 73.6 cm³/mol. The Morgan fingerprint density at radius 1 is 1.17 bits per heavy atom. The number of aromatic amines is 1. The average Bonchev–Trinajstić information content (AvgIpc) is 2.74. The van der Waals surface area contributed by atoms with Crippen molar-refractivity contribution < 1.29 is 4.39 Å². The highest BCUT2D eigenvalue weighted by atomic mass is 79.9. The Balaban J connectivity index is 2.22. The van der Waals surface area contributed by atoms with E-state index in [9.17, 15) is 4.39 Å². The Kier molecular flexibility index (Phi) is 2.56. The fraction of sp³-hybridized carbons (Fsp3) is 0. The number of nitrogens with one attached hydrogen (secondary N) is 1. The smallest absolute Gasteiger partial charge is 0.141 e. The third-order valence-corrected chi connectivity index (χ3v) is 3.18. The Hall–Kier alpha value is -1.88. The molecule has 90 valence electrons. The monoisotopic (exact) mass is 305 g/mol. The summed E-state index contributed by atoms with van der Waals surface area (Å²) in [6.45, 7) is 0. The van der Waals surface area contributed by atoms with E-state index in [0.29, 0.717) is 17.1 Å². The molecule has 0 atom stereocenters. The van der Waals surface area contributed by atoms with Crippen molar-refractivity contribution in [2.45, 2.75) is 0 Å². The molecule has 3 rings (SSSR count). The molecule has 0 amide bonds. The molecule has 2 aromatic carbocycles. The van der Waals surface area contributed by atoms with Crippen molar-refractivity contribution in [3.63, 3.8) is 0 Å². The molecule has 18 heavy (non-hydrogen) atoms. The first kappa shape index (κ1) is 11.2. The minimum atomic E-state index is -0.315. The first-order valence-electron chi connectivity index (χ1n) is 5.34. The summed E-state index contributed by atoms with van der Waals surface area (Å²) in [5, 5.41) is 0. The van der Waals surface area contributed by atoms with Crippen LogP contribution in [0.3, 0.4) is 0 Å². The van der Waals surface area contributed by atoms with Crippen LogP contribution in [-0.2, 0) is 0 Å². The first-order valence-corrected chi connectivity index (χ1v) is 6.13. The van der Waals surface area contributed by atoms with Crippen molar-refractivity contribution in [3.05, 3.63) is 46.7 Å². The summed E-state index contributed by atoms with van der Waals surface area (Å²) in [6, 6.07) is 10.1. The largest absolute Gasteiger partial charge is 0.399 e. The van der Waals surface area contributed by atoms with Gasteiger partial charge in [0.15, 0.2) is 0 Å². The zero-order valence-corrected chi connectivity index (χ0v) is 10.8. The quantitative estimate of drug-likeness (QED) is 0.673. The number of hydrogen-bond acceptors (Lipinski definition) is 2. The van der Waals surface area contributed by atoms with Crippen LogP contribution in [0.5, 0.6) is 0 Å². The third kappa shape index (κ3) is 1.86. The van der Waals surface area contributed by atoms with E-state index in [0.717, 1.165) is 15.5 Å². The topological polar surface area (TPSA) is 54.7 Å². The van der Waals surface area contributed by atoms with Gasteiger partial charge in [-0.15, -0.1) is 0 Å². The number of nitrogen functional groups attached to an aromatic ring is 1. The maximum absolute atomic E-state index is 13.8. The van der Waals surface area contributed by atoms with Crippen molar-refractivity contribution in [2.75, 3.05) is 5.73 Å². The van der Waals surface area contributed by atoms with Crippen molar-refractivity contribution in [2.24, 2.45) is 0 Å². The first-order chi connectivity index (χ1) is 8.63. The summed E-state index contributed by atoms with van der Waals surface area (Å²) in [5.41, 5.74) is 8.33. The molecule has 3 aromatic rings. The highest BCUT2D eigenvalue weighted by molar-refractivity contribution is 9.10. The molecule has 1 heterocycles. The number of benzene rings is 2. The van der Waals surface area contributed by atoms with Crippen molar-refractivity contribution in [3.8, 4) is 11.4 Å². The number of rotatable bonds is 1. The van der Waals surface area contributed by atoms with Crippen LogP contribution in [0.1, 0.15) is 0 Å². The second kappa shape index (κ2) is 4.10. The van der Waals surface area contributed by atoms with Gasteiger partial charge in [0.1, 0.15) is 11.6 Å². The number of imidazole rings is 1. The van der Waals surface area contributed by atoms with Gasteiger partial charge in [-0.2, -0.15) is 0 Å². The SMILES string of the molecule is Nc1ccc2nc(-c3cc(Br)ccc3F)[nH]c2c1. The number of halogens is 2. The molecule has 0 aliphatic carbocycles. The Morgan fingerprint density at radius 3 is 2.83 bits per heavy atom. The molecule has 0 spiro atoms. The van der Waals surface area contributed by atoms with Gasteiger partial charge < -0.3 is 10.7 Å². The van der Waals surface area contributed by atoms with Crippen molar-refractivity contribution in [1.82, 2.24) is 9.97 Å². The molecular weight excluding hydrogens is 297 g/mol. The van der Waals surface area contributed by atoms with Crippen LogP contribution in [0.15, 0.2) is 40.9 Å². The molecule has 0 radical (unpaired) electrons. The van der Waals surface area contributed by atoms with E-state index in [2.05, 4.69) is 25.9 Å². The average molecular weight is 306 g/mol. The lowest BCUT2D eigenvalue weighted by atomic mass is 10.2.